The fourth-order valence-corrected chi connectivity index (χ4v) is 6.06. The molecular formula is C10H20Si. The van der Waals surface area contributed by atoms with Crippen molar-refractivity contribution in [3.8, 4) is 0 Å². The fraction of sp³-hybridized carbons (Fsp3) is 1.00. The normalized spacial score (nSPS) is 43.4. The standard InChI is InChI=1S/C10H20Si/c1-11(2,3)10-7-8-4-5-9(10)6-8/h8-10H,4-7H2,1-3H3/t8-,9-,10-/m0/s1. The van der Waals surface area contributed by atoms with E-state index in [-0.39, 0.29) is 0 Å². The minimum atomic E-state index is -0.778. The first-order chi connectivity index (χ1) is 5.07. The Morgan fingerprint density at radius 2 is 1.73 bits per heavy atom. The second-order valence-electron chi connectivity index (χ2n) is 5.65. The van der Waals surface area contributed by atoms with Gasteiger partial charge in [-0.15, -0.1) is 0 Å². The minimum absolute atomic E-state index is 0.778. The molecule has 0 aromatic rings. The lowest BCUT2D eigenvalue weighted by Crippen LogP contribution is -2.31. The first-order valence-electron chi connectivity index (χ1n) is 5.07. The van der Waals surface area contributed by atoms with Gasteiger partial charge in [-0.1, -0.05) is 32.5 Å². The Hall–Kier alpha value is 0.217. The van der Waals surface area contributed by atoms with Crippen molar-refractivity contribution in [2.45, 2.75) is 50.9 Å². The molecule has 0 spiro atoms. The third-order valence-corrected chi connectivity index (χ3v) is 6.78. The largest absolute Gasteiger partial charge is 0.0693 e. The second kappa shape index (κ2) is 2.35. The minimum Gasteiger partial charge on any atom is -0.0693 e. The van der Waals surface area contributed by atoms with E-state index in [1.165, 1.54) is 5.54 Å². The van der Waals surface area contributed by atoms with Crippen LogP contribution in [-0.4, -0.2) is 8.07 Å². The molecule has 0 N–H and O–H groups in total. The van der Waals surface area contributed by atoms with Crippen molar-refractivity contribution < 1.29 is 0 Å². The van der Waals surface area contributed by atoms with E-state index in [2.05, 4.69) is 19.6 Å². The summed E-state index contributed by atoms with van der Waals surface area (Å²) >= 11 is 0. The van der Waals surface area contributed by atoms with Crippen molar-refractivity contribution in [1.29, 1.82) is 0 Å². The van der Waals surface area contributed by atoms with Crippen LogP contribution in [0.4, 0.5) is 0 Å². The maximum atomic E-state index is 2.55. The molecule has 2 saturated carbocycles. The molecule has 2 fully saturated rings. The Morgan fingerprint density at radius 1 is 1.00 bits per heavy atom. The molecule has 11 heavy (non-hydrogen) atoms. The molecule has 0 amide bonds. The van der Waals surface area contributed by atoms with Gasteiger partial charge < -0.3 is 0 Å². The number of hydrogen-bond donors (Lipinski definition) is 0. The third kappa shape index (κ3) is 1.28. The quantitative estimate of drug-likeness (QED) is 0.526. The average molecular weight is 168 g/mol. The highest BCUT2D eigenvalue weighted by Crippen LogP contribution is 2.55. The van der Waals surface area contributed by atoms with Crippen LogP contribution in [0.2, 0.25) is 25.2 Å². The van der Waals surface area contributed by atoms with E-state index in [0.717, 1.165) is 11.8 Å². The zero-order valence-corrected chi connectivity index (χ0v) is 9.06. The van der Waals surface area contributed by atoms with Crippen molar-refractivity contribution in [1.82, 2.24) is 0 Å². The Balaban J connectivity index is 2.08. The Morgan fingerprint density at radius 3 is 2.00 bits per heavy atom. The maximum Gasteiger partial charge on any atom is 0.0476 e. The number of hydrogen-bond acceptors (Lipinski definition) is 0. The van der Waals surface area contributed by atoms with Crippen LogP contribution >= 0.6 is 0 Å². The van der Waals surface area contributed by atoms with Crippen LogP contribution in [0.25, 0.3) is 0 Å². The van der Waals surface area contributed by atoms with Crippen LogP contribution in [0, 0.1) is 11.8 Å². The summed E-state index contributed by atoms with van der Waals surface area (Å²) in [4.78, 5) is 0. The molecule has 0 aliphatic heterocycles. The first-order valence-corrected chi connectivity index (χ1v) is 8.65. The molecule has 3 atom stereocenters. The summed E-state index contributed by atoms with van der Waals surface area (Å²) in [5.74, 6) is 2.31. The summed E-state index contributed by atoms with van der Waals surface area (Å²) in [7, 11) is -0.778. The Bertz CT molecular complexity index is 157. The predicted octanol–water partition coefficient (Wildman–Crippen LogP) is 3.51. The van der Waals surface area contributed by atoms with Gasteiger partial charge in [0.1, 0.15) is 0 Å². The van der Waals surface area contributed by atoms with E-state index in [9.17, 15) is 0 Å². The second-order valence-corrected chi connectivity index (χ2v) is 11.1. The SMILES string of the molecule is C[Si](C)(C)[C@H]1C[C@H]2CC[C@H]1C2. The van der Waals surface area contributed by atoms with E-state index in [0.29, 0.717) is 0 Å². The van der Waals surface area contributed by atoms with Crippen LogP contribution in [0.15, 0.2) is 0 Å². The smallest absolute Gasteiger partial charge is 0.0476 e. The van der Waals surface area contributed by atoms with Gasteiger partial charge in [-0.3, -0.25) is 0 Å². The molecular weight excluding hydrogens is 148 g/mol. The molecule has 0 aromatic heterocycles. The zero-order valence-electron chi connectivity index (χ0n) is 8.06. The van der Waals surface area contributed by atoms with E-state index in [1.54, 1.807) is 25.7 Å². The molecule has 0 aromatic carbocycles. The summed E-state index contributed by atoms with van der Waals surface area (Å²) in [6, 6.07) is 0. The van der Waals surface area contributed by atoms with Gasteiger partial charge in [0.15, 0.2) is 0 Å². The van der Waals surface area contributed by atoms with E-state index >= 15 is 0 Å². The van der Waals surface area contributed by atoms with Crippen LogP contribution in [0.1, 0.15) is 25.7 Å². The van der Waals surface area contributed by atoms with Crippen molar-refractivity contribution >= 4 is 8.07 Å². The van der Waals surface area contributed by atoms with Crippen LogP contribution in [0.3, 0.4) is 0 Å². The Labute approximate surface area is 71.4 Å². The van der Waals surface area contributed by atoms with E-state index in [4.69, 9.17) is 0 Å². The van der Waals surface area contributed by atoms with Gasteiger partial charge in [-0.05, 0) is 30.2 Å². The van der Waals surface area contributed by atoms with Crippen LogP contribution < -0.4 is 0 Å². The maximum absolute atomic E-state index is 2.55. The average Bonchev–Trinajstić information content (AvgIpc) is 2.42. The molecule has 2 rings (SSSR count). The van der Waals surface area contributed by atoms with Crippen LogP contribution in [-0.2, 0) is 0 Å². The summed E-state index contributed by atoms with van der Waals surface area (Å²) in [6.45, 7) is 7.66. The molecule has 0 saturated heterocycles. The molecule has 64 valence electrons. The van der Waals surface area contributed by atoms with Gasteiger partial charge in [0.25, 0.3) is 0 Å². The summed E-state index contributed by atoms with van der Waals surface area (Å²) < 4.78 is 0. The van der Waals surface area contributed by atoms with Gasteiger partial charge in [-0.25, -0.2) is 0 Å². The molecule has 0 heterocycles. The van der Waals surface area contributed by atoms with Crippen molar-refractivity contribution in [3.63, 3.8) is 0 Å². The molecule has 0 unspecified atom stereocenters. The van der Waals surface area contributed by atoms with E-state index < -0.39 is 8.07 Å². The van der Waals surface area contributed by atoms with Crippen molar-refractivity contribution in [2.75, 3.05) is 0 Å². The highest BCUT2D eigenvalue weighted by atomic mass is 28.3. The first kappa shape index (κ1) is 7.84. The number of fused-ring (bicyclic) bond motifs is 2. The molecule has 2 aliphatic rings. The summed E-state index contributed by atoms with van der Waals surface area (Å²) in [5, 5.41) is 0. The molecule has 2 bridgehead atoms. The third-order valence-electron chi connectivity index (χ3n) is 3.85. The van der Waals surface area contributed by atoms with Gasteiger partial charge in [0, 0.05) is 8.07 Å². The molecule has 0 radical (unpaired) electrons. The van der Waals surface area contributed by atoms with Gasteiger partial charge in [0.2, 0.25) is 0 Å². The van der Waals surface area contributed by atoms with Gasteiger partial charge in [-0.2, -0.15) is 0 Å². The summed E-state index contributed by atoms with van der Waals surface area (Å²) in [6.07, 6.45) is 6.32. The predicted molar refractivity (Wildman–Crippen MR) is 52.5 cm³/mol. The highest BCUT2D eigenvalue weighted by Gasteiger charge is 2.44. The lowest BCUT2D eigenvalue weighted by molar-refractivity contribution is 0.469. The monoisotopic (exact) mass is 168 g/mol. The van der Waals surface area contributed by atoms with Gasteiger partial charge >= 0.3 is 0 Å². The summed E-state index contributed by atoms with van der Waals surface area (Å²) in [5.41, 5.74) is 1.18. The fourth-order valence-electron chi connectivity index (χ4n) is 3.31. The molecule has 2 aliphatic carbocycles. The van der Waals surface area contributed by atoms with Crippen molar-refractivity contribution in [3.05, 3.63) is 0 Å². The highest BCUT2D eigenvalue weighted by molar-refractivity contribution is 6.77. The topological polar surface area (TPSA) is 0 Å². The Kier molecular flexibility index (Phi) is 1.68. The number of rotatable bonds is 1. The zero-order chi connectivity index (χ0) is 8.06. The molecule has 1 heteroatoms. The lowest BCUT2D eigenvalue weighted by Gasteiger charge is -2.32. The molecule has 0 nitrogen and oxygen atoms in total. The van der Waals surface area contributed by atoms with Gasteiger partial charge in [0.05, 0.1) is 0 Å². The van der Waals surface area contributed by atoms with Crippen LogP contribution in [0.5, 0.6) is 0 Å². The lowest BCUT2D eigenvalue weighted by atomic mass is 10.0. The van der Waals surface area contributed by atoms with E-state index in [1.807, 2.05) is 0 Å². The van der Waals surface area contributed by atoms with Crippen molar-refractivity contribution in [2.24, 2.45) is 11.8 Å².